The standard InChI is InChI=1S/C13H20N2O3/c1-10-3-6-18-12(10)13(16)14-9-11(2)15-4-7-17-8-5-15/h3,6,11H,4-5,7-9H2,1-2H3,(H,14,16)/t11-/m0/s1. The molecule has 100 valence electrons. The molecule has 1 amide bonds. The second kappa shape index (κ2) is 6.02. The van der Waals surface area contributed by atoms with Crippen LogP contribution in [0.1, 0.15) is 23.0 Å². The molecule has 0 saturated carbocycles. The summed E-state index contributed by atoms with van der Waals surface area (Å²) in [6, 6.07) is 2.11. The number of carbonyl (C=O) groups excluding carboxylic acids is 1. The van der Waals surface area contributed by atoms with Gasteiger partial charge in [0.15, 0.2) is 5.76 Å². The Kier molecular flexibility index (Phi) is 4.38. The Labute approximate surface area is 107 Å². The van der Waals surface area contributed by atoms with Gasteiger partial charge in [0.25, 0.3) is 5.91 Å². The average molecular weight is 252 g/mol. The fourth-order valence-electron chi connectivity index (χ4n) is 2.07. The van der Waals surface area contributed by atoms with Crippen molar-refractivity contribution in [1.29, 1.82) is 0 Å². The van der Waals surface area contributed by atoms with E-state index in [1.54, 1.807) is 6.07 Å². The van der Waals surface area contributed by atoms with E-state index in [1.807, 2.05) is 6.92 Å². The van der Waals surface area contributed by atoms with Gasteiger partial charge < -0.3 is 14.5 Å². The molecule has 1 N–H and O–H groups in total. The molecule has 0 spiro atoms. The third-order valence-corrected chi connectivity index (χ3v) is 3.30. The highest BCUT2D eigenvalue weighted by Gasteiger charge is 2.19. The highest BCUT2D eigenvalue weighted by molar-refractivity contribution is 5.92. The van der Waals surface area contributed by atoms with Crippen molar-refractivity contribution in [2.75, 3.05) is 32.8 Å². The Bertz CT molecular complexity index is 397. The fourth-order valence-corrected chi connectivity index (χ4v) is 2.07. The lowest BCUT2D eigenvalue weighted by Crippen LogP contribution is -2.47. The van der Waals surface area contributed by atoms with Gasteiger partial charge in [0.05, 0.1) is 19.5 Å². The molecule has 1 aromatic heterocycles. The Morgan fingerprint density at radius 2 is 2.22 bits per heavy atom. The maximum absolute atomic E-state index is 11.9. The molecule has 1 aliphatic rings. The van der Waals surface area contributed by atoms with E-state index >= 15 is 0 Å². The van der Waals surface area contributed by atoms with Crippen LogP contribution in [0.15, 0.2) is 16.7 Å². The Hall–Kier alpha value is -1.33. The summed E-state index contributed by atoms with van der Waals surface area (Å²) in [6.07, 6.45) is 1.54. The summed E-state index contributed by atoms with van der Waals surface area (Å²) in [5, 5.41) is 2.91. The van der Waals surface area contributed by atoms with E-state index < -0.39 is 0 Å². The van der Waals surface area contributed by atoms with Crippen LogP contribution in [0.4, 0.5) is 0 Å². The minimum Gasteiger partial charge on any atom is -0.459 e. The summed E-state index contributed by atoms with van der Waals surface area (Å²) < 4.78 is 10.5. The molecule has 1 atom stereocenters. The lowest BCUT2D eigenvalue weighted by molar-refractivity contribution is 0.0203. The van der Waals surface area contributed by atoms with Crippen molar-refractivity contribution in [3.05, 3.63) is 23.7 Å². The van der Waals surface area contributed by atoms with Gasteiger partial charge in [-0.1, -0.05) is 0 Å². The van der Waals surface area contributed by atoms with Gasteiger partial charge in [0, 0.05) is 31.2 Å². The summed E-state index contributed by atoms with van der Waals surface area (Å²) in [5.41, 5.74) is 0.867. The van der Waals surface area contributed by atoms with E-state index in [1.165, 1.54) is 6.26 Å². The number of amides is 1. The van der Waals surface area contributed by atoms with Crippen molar-refractivity contribution in [2.24, 2.45) is 0 Å². The largest absolute Gasteiger partial charge is 0.459 e. The van der Waals surface area contributed by atoms with Crippen LogP contribution in [0.2, 0.25) is 0 Å². The predicted octanol–water partition coefficient (Wildman–Crippen LogP) is 1.04. The first-order valence-electron chi connectivity index (χ1n) is 6.32. The van der Waals surface area contributed by atoms with Crippen molar-refractivity contribution >= 4 is 5.91 Å². The van der Waals surface area contributed by atoms with Gasteiger partial charge in [-0.05, 0) is 19.9 Å². The minimum absolute atomic E-state index is 0.141. The molecular formula is C13H20N2O3. The van der Waals surface area contributed by atoms with E-state index in [0.717, 1.165) is 31.9 Å². The number of rotatable bonds is 4. The number of ether oxygens (including phenoxy) is 1. The molecule has 0 bridgehead atoms. The number of morpholine rings is 1. The van der Waals surface area contributed by atoms with Gasteiger partial charge in [0.2, 0.25) is 0 Å². The maximum atomic E-state index is 11.9. The zero-order valence-corrected chi connectivity index (χ0v) is 10.9. The summed E-state index contributed by atoms with van der Waals surface area (Å²) in [6.45, 7) is 8.00. The monoisotopic (exact) mass is 252 g/mol. The highest BCUT2D eigenvalue weighted by atomic mass is 16.5. The van der Waals surface area contributed by atoms with Crippen LogP contribution >= 0.6 is 0 Å². The quantitative estimate of drug-likeness (QED) is 0.870. The molecule has 1 fully saturated rings. The van der Waals surface area contributed by atoms with E-state index in [4.69, 9.17) is 9.15 Å². The van der Waals surface area contributed by atoms with Gasteiger partial charge in [-0.25, -0.2) is 0 Å². The number of hydrogen-bond donors (Lipinski definition) is 1. The molecule has 0 unspecified atom stereocenters. The number of hydrogen-bond acceptors (Lipinski definition) is 4. The van der Waals surface area contributed by atoms with Gasteiger partial charge in [-0.3, -0.25) is 9.69 Å². The smallest absolute Gasteiger partial charge is 0.287 e. The highest BCUT2D eigenvalue weighted by Crippen LogP contribution is 2.08. The van der Waals surface area contributed by atoms with Gasteiger partial charge in [0.1, 0.15) is 0 Å². The van der Waals surface area contributed by atoms with Crippen LogP contribution in [-0.2, 0) is 4.74 Å². The van der Waals surface area contributed by atoms with Crippen LogP contribution in [0.25, 0.3) is 0 Å². The van der Waals surface area contributed by atoms with E-state index in [0.29, 0.717) is 18.3 Å². The molecule has 5 nitrogen and oxygen atoms in total. The summed E-state index contributed by atoms with van der Waals surface area (Å²) in [4.78, 5) is 14.2. The lowest BCUT2D eigenvalue weighted by Gasteiger charge is -2.32. The molecule has 18 heavy (non-hydrogen) atoms. The fraction of sp³-hybridized carbons (Fsp3) is 0.615. The first-order chi connectivity index (χ1) is 8.68. The average Bonchev–Trinajstić information content (AvgIpc) is 2.83. The first kappa shape index (κ1) is 13.1. The number of furan rings is 1. The molecule has 1 aromatic rings. The van der Waals surface area contributed by atoms with E-state index in [-0.39, 0.29) is 5.91 Å². The Morgan fingerprint density at radius 3 is 2.83 bits per heavy atom. The molecule has 1 saturated heterocycles. The van der Waals surface area contributed by atoms with Crippen LogP contribution in [0, 0.1) is 6.92 Å². The van der Waals surface area contributed by atoms with Crippen LogP contribution < -0.4 is 5.32 Å². The van der Waals surface area contributed by atoms with Crippen LogP contribution in [-0.4, -0.2) is 49.7 Å². The zero-order chi connectivity index (χ0) is 13.0. The normalized spacial score (nSPS) is 18.6. The molecular weight excluding hydrogens is 232 g/mol. The van der Waals surface area contributed by atoms with Gasteiger partial charge in [-0.2, -0.15) is 0 Å². The molecule has 5 heteroatoms. The summed E-state index contributed by atoms with van der Waals surface area (Å²) >= 11 is 0. The second-order valence-corrected chi connectivity index (χ2v) is 4.64. The van der Waals surface area contributed by atoms with Gasteiger partial charge >= 0.3 is 0 Å². The first-order valence-corrected chi connectivity index (χ1v) is 6.32. The number of carbonyl (C=O) groups is 1. The zero-order valence-electron chi connectivity index (χ0n) is 10.9. The number of nitrogens with zero attached hydrogens (tertiary/aromatic N) is 1. The van der Waals surface area contributed by atoms with Crippen LogP contribution in [0.3, 0.4) is 0 Å². The van der Waals surface area contributed by atoms with Crippen molar-refractivity contribution in [3.63, 3.8) is 0 Å². The summed E-state index contributed by atoms with van der Waals surface area (Å²) in [5.74, 6) is 0.266. The maximum Gasteiger partial charge on any atom is 0.287 e. The van der Waals surface area contributed by atoms with Crippen molar-refractivity contribution < 1.29 is 13.9 Å². The second-order valence-electron chi connectivity index (χ2n) is 4.64. The molecule has 0 aromatic carbocycles. The predicted molar refractivity (Wildman–Crippen MR) is 67.6 cm³/mol. The molecule has 2 rings (SSSR count). The number of nitrogens with one attached hydrogen (secondary N) is 1. The molecule has 0 aliphatic carbocycles. The van der Waals surface area contributed by atoms with Crippen molar-refractivity contribution in [2.45, 2.75) is 19.9 Å². The van der Waals surface area contributed by atoms with Gasteiger partial charge in [-0.15, -0.1) is 0 Å². The summed E-state index contributed by atoms with van der Waals surface area (Å²) in [7, 11) is 0. The third-order valence-electron chi connectivity index (χ3n) is 3.30. The molecule has 0 radical (unpaired) electrons. The van der Waals surface area contributed by atoms with E-state index in [9.17, 15) is 4.79 Å². The molecule has 1 aliphatic heterocycles. The molecule has 2 heterocycles. The lowest BCUT2D eigenvalue weighted by atomic mass is 10.2. The van der Waals surface area contributed by atoms with Crippen molar-refractivity contribution in [3.8, 4) is 0 Å². The SMILES string of the molecule is Cc1ccoc1C(=O)NC[C@H](C)N1CCOCC1. The Balaban J connectivity index is 1.80. The Morgan fingerprint density at radius 1 is 1.50 bits per heavy atom. The van der Waals surface area contributed by atoms with Crippen LogP contribution in [0.5, 0.6) is 0 Å². The topological polar surface area (TPSA) is 54.7 Å². The minimum atomic E-state index is -0.141. The number of aryl methyl sites for hydroxylation is 1. The van der Waals surface area contributed by atoms with Crippen molar-refractivity contribution in [1.82, 2.24) is 10.2 Å². The third kappa shape index (κ3) is 3.11. The van der Waals surface area contributed by atoms with E-state index in [2.05, 4.69) is 17.1 Å².